The van der Waals surface area contributed by atoms with Crippen LogP contribution in [0.25, 0.3) is 0 Å². The molecule has 174 valence electrons. The van der Waals surface area contributed by atoms with Crippen LogP contribution in [0.1, 0.15) is 77.2 Å². The highest BCUT2D eigenvalue weighted by Crippen LogP contribution is 2.49. The Morgan fingerprint density at radius 3 is 2.45 bits per heavy atom. The van der Waals surface area contributed by atoms with E-state index in [2.05, 4.69) is 4.90 Å². The van der Waals surface area contributed by atoms with Crippen molar-refractivity contribution in [3.05, 3.63) is 23.8 Å². The number of carbonyl (C=O) groups is 1. The van der Waals surface area contributed by atoms with E-state index in [0.717, 1.165) is 43.4 Å². The Morgan fingerprint density at radius 1 is 1.19 bits per heavy atom. The molecule has 2 atom stereocenters. The van der Waals surface area contributed by atoms with Gasteiger partial charge in [0.1, 0.15) is 0 Å². The summed E-state index contributed by atoms with van der Waals surface area (Å²) in [5.74, 6) is -0.182. The number of halogens is 3. The van der Waals surface area contributed by atoms with Gasteiger partial charge in [0.15, 0.2) is 0 Å². The average Bonchev–Trinajstić information content (AvgIpc) is 3.46. The van der Waals surface area contributed by atoms with Crippen molar-refractivity contribution in [1.82, 2.24) is 0 Å². The van der Waals surface area contributed by atoms with Crippen molar-refractivity contribution in [2.45, 2.75) is 83.9 Å². The van der Waals surface area contributed by atoms with Crippen molar-refractivity contribution in [2.75, 3.05) is 23.8 Å². The van der Waals surface area contributed by atoms with Crippen molar-refractivity contribution in [3.63, 3.8) is 0 Å². The maximum absolute atomic E-state index is 13.2. The van der Waals surface area contributed by atoms with Crippen LogP contribution in [0.15, 0.2) is 18.2 Å². The van der Waals surface area contributed by atoms with Gasteiger partial charge in [-0.15, -0.1) is 0 Å². The molecule has 3 rings (SSSR count). The zero-order valence-corrected chi connectivity index (χ0v) is 18.8. The second-order valence-corrected chi connectivity index (χ2v) is 9.89. The highest BCUT2D eigenvalue weighted by atomic mass is 19.4. The number of rotatable bonds is 8. The second-order valence-electron chi connectivity index (χ2n) is 9.89. The molecule has 2 N–H and O–H groups in total. The quantitative estimate of drug-likeness (QED) is 0.395. The first-order valence-corrected chi connectivity index (χ1v) is 11.4. The molecule has 1 aromatic rings. The average molecular weight is 441 g/mol. The lowest BCUT2D eigenvalue weighted by atomic mass is 9.85. The number of hydrogen-bond donors (Lipinski definition) is 1. The van der Waals surface area contributed by atoms with Gasteiger partial charge < -0.3 is 15.4 Å². The Hall–Kier alpha value is -1.92. The van der Waals surface area contributed by atoms with Gasteiger partial charge in [0.2, 0.25) is 0 Å². The molecule has 0 saturated heterocycles. The number of alkyl halides is 3. The molecule has 4 nitrogen and oxygen atoms in total. The van der Waals surface area contributed by atoms with Crippen molar-refractivity contribution in [1.29, 1.82) is 0 Å². The van der Waals surface area contributed by atoms with E-state index in [4.69, 9.17) is 10.5 Å². The minimum absolute atomic E-state index is 0.111. The van der Waals surface area contributed by atoms with E-state index in [0.29, 0.717) is 18.8 Å². The van der Waals surface area contributed by atoms with Crippen LogP contribution in [0, 0.1) is 11.3 Å². The Labute approximate surface area is 183 Å². The van der Waals surface area contributed by atoms with Gasteiger partial charge in [0, 0.05) is 12.6 Å². The molecule has 0 heterocycles. The predicted molar refractivity (Wildman–Crippen MR) is 117 cm³/mol. The van der Waals surface area contributed by atoms with E-state index < -0.39 is 18.0 Å². The molecule has 2 saturated carbocycles. The van der Waals surface area contributed by atoms with Gasteiger partial charge in [-0.2, -0.15) is 13.2 Å². The number of anilines is 2. The lowest BCUT2D eigenvalue weighted by molar-refractivity contribution is -0.153. The van der Waals surface area contributed by atoms with Crippen LogP contribution >= 0.6 is 0 Å². The summed E-state index contributed by atoms with van der Waals surface area (Å²) >= 11 is 0. The van der Waals surface area contributed by atoms with Crippen molar-refractivity contribution >= 4 is 17.3 Å². The number of nitrogen functional groups attached to an aromatic ring is 1. The van der Waals surface area contributed by atoms with E-state index in [-0.39, 0.29) is 23.8 Å². The molecule has 2 aliphatic rings. The maximum atomic E-state index is 13.2. The fourth-order valence-corrected chi connectivity index (χ4v) is 5.00. The third-order valence-electron chi connectivity index (χ3n) is 6.46. The van der Waals surface area contributed by atoms with Gasteiger partial charge in [0.25, 0.3) is 0 Å². The summed E-state index contributed by atoms with van der Waals surface area (Å²) in [6, 6.07) is 6.00. The fraction of sp³-hybridized carbons (Fsp3) is 0.708. The highest BCUT2D eigenvalue weighted by Gasteiger charge is 2.45. The molecule has 1 aromatic carbocycles. The maximum Gasteiger partial charge on any atom is 0.389 e. The first-order valence-electron chi connectivity index (χ1n) is 11.4. The van der Waals surface area contributed by atoms with E-state index in [1.54, 1.807) is 20.8 Å². The number of nitrogens with zero attached hydrogens (tertiary/aromatic N) is 1. The summed E-state index contributed by atoms with van der Waals surface area (Å²) in [7, 11) is 0. The SMILES string of the molecule is CCOC(=O)[C@@H]1C[C@@H]1c1ccc(N(CC(C)(C)CC(F)(F)F)C2CCCCC2)c(N)c1. The van der Waals surface area contributed by atoms with E-state index in [1.807, 2.05) is 18.2 Å². The molecular weight excluding hydrogens is 405 g/mol. The third kappa shape index (κ3) is 6.30. The monoisotopic (exact) mass is 440 g/mol. The smallest absolute Gasteiger partial charge is 0.389 e. The highest BCUT2D eigenvalue weighted by molar-refractivity contribution is 5.78. The Bertz CT molecular complexity index is 773. The molecule has 31 heavy (non-hydrogen) atoms. The van der Waals surface area contributed by atoms with Gasteiger partial charge in [0.05, 0.1) is 30.3 Å². The van der Waals surface area contributed by atoms with Crippen LogP contribution in [0.2, 0.25) is 0 Å². The number of nitrogens with two attached hydrogens (primary N) is 1. The van der Waals surface area contributed by atoms with Gasteiger partial charge >= 0.3 is 12.1 Å². The van der Waals surface area contributed by atoms with Gasteiger partial charge in [-0.3, -0.25) is 4.79 Å². The first kappa shape index (κ1) is 23.7. The summed E-state index contributed by atoms with van der Waals surface area (Å²) in [5, 5.41) is 0. The van der Waals surface area contributed by atoms with Crippen LogP contribution in [0.5, 0.6) is 0 Å². The van der Waals surface area contributed by atoms with Crippen molar-refractivity contribution in [3.8, 4) is 0 Å². The number of esters is 1. The summed E-state index contributed by atoms with van der Waals surface area (Å²) in [4.78, 5) is 14.1. The van der Waals surface area contributed by atoms with Crippen LogP contribution in [0.4, 0.5) is 24.5 Å². The molecular formula is C24H35F3N2O2. The van der Waals surface area contributed by atoms with Crippen LogP contribution in [0.3, 0.4) is 0 Å². The number of ether oxygens (including phenoxy) is 1. The summed E-state index contributed by atoms with van der Waals surface area (Å²) in [6.07, 6.45) is 0.998. The van der Waals surface area contributed by atoms with Crippen LogP contribution < -0.4 is 10.6 Å². The molecule has 0 radical (unpaired) electrons. The Morgan fingerprint density at radius 2 is 1.87 bits per heavy atom. The summed E-state index contributed by atoms with van der Waals surface area (Å²) < 4.78 is 44.6. The third-order valence-corrected chi connectivity index (χ3v) is 6.46. The number of benzene rings is 1. The second kappa shape index (κ2) is 9.29. The lowest BCUT2D eigenvalue weighted by Gasteiger charge is -2.42. The minimum atomic E-state index is -4.20. The molecule has 2 fully saturated rings. The number of carbonyl (C=O) groups excluding carboxylic acids is 1. The molecule has 0 aliphatic heterocycles. The standard InChI is InChI=1S/C24H35F3N2O2/c1-4-31-22(30)19-13-18(19)16-10-11-21(20(28)12-16)29(17-8-6-5-7-9-17)15-23(2,3)14-24(25,26)27/h10-12,17-19H,4-9,13-15,28H2,1-3H3/t18-,19-/m1/s1. The normalized spacial score (nSPS) is 22.3. The summed E-state index contributed by atoms with van der Waals surface area (Å²) in [5.41, 5.74) is 7.89. The van der Waals surface area contributed by atoms with Crippen LogP contribution in [-0.2, 0) is 9.53 Å². The molecule has 0 unspecified atom stereocenters. The van der Waals surface area contributed by atoms with Crippen molar-refractivity contribution < 1.29 is 22.7 Å². The zero-order valence-electron chi connectivity index (χ0n) is 18.8. The zero-order chi connectivity index (χ0) is 22.8. The lowest BCUT2D eigenvalue weighted by Crippen LogP contribution is -2.44. The van der Waals surface area contributed by atoms with E-state index >= 15 is 0 Å². The molecule has 7 heteroatoms. The largest absolute Gasteiger partial charge is 0.466 e. The number of hydrogen-bond acceptors (Lipinski definition) is 4. The molecule has 0 amide bonds. The Kier molecular flexibility index (Phi) is 7.11. The minimum Gasteiger partial charge on any atom is -0.466 e. The molecule has 0 aromatic heterocycles. The fourth-order valence-electron chi connectivity index (χ4n) is 5.00. The van der Waals surface area contributed by atoms with Crippen LogP contribution in [-0.4, -0.2) is 31.3 Å². The van der Waals surface area contributed by atoms with E-state index in [1.165, 1.54) is 6.42 Å². The van der Waals surface area contributed by atoms with Gasteiger partial charge in [-0.25, -0.2) is 0 Å². The first-order chi connectivity index (χ1) is 14.5. The predicted octanol–water partition coefficient (Wildman–Crippen LogP) is 6.05. The van der Waals surface area contributed by atoms with E-state index in [9.17, 15) is 18.0 Å². The molecule has 2 aliphatic carbocycles. The topological polar surface area (TPSA) is 55.6 Å². The summed E-state index contributed by atoms with van der Waals surface area (Å²) in [6.45, 7) is 5.81. The van der Waals surface area contributed by atoms with Crippen molar-refractivity contribution in [2.24, 2.45) is 11.3 Å². The van der Waals surface area contributed by atoms with Gasteiger partial charge in [-0.05, 0) is 55.2 Å². The Balaban J connectivity index is 1.81. The molecule has 0 spiro atoms. The molecule has 0 bridgehead atoms. The van der Waals surface area contributed by atoms with Gasteiger partial charge in [-0.1, -0.05) is 39.2 Å².